The topological polar surface area (TPSA) is 77.0 Å². The molecule has 9 heteroatoms. The van der Waals surface area contributed by atoms with Gasteiger partial charge in [-0.15, -0.1) is 11.3 Å². The van der Waals surface area contributed by atoms with Crippen molar-refractivity contribution in [3.63, 3.8) is 0 Å². The van der Waals surface area contributed by atoms with Crippen molar-refractivity contribution < 1.29 is 13.9 Å². The zero-order valence-corrected chi connectivity index (χ0v) is 19.1. The summed E-state index contributed by atoms with van der Waals surface area (Å²) in [4.78, 5) is 24.6. The third-order valence-electron chi connectivity index (χ3n) is 5.00. The highest BCUT2D eigenvalue weighted by molar-refractivity contribution is 7.16. The number of ether oxygens (including phenoxy) is 1. The van der Waals surface area contributed by atoms with Crippen molar-refractivity contribution in [1.82, 2.24) is 15.0 Å². The van der Waals surface area contributed by atoms with Crippen LogP contribution in [0.1, 0.15) is 15.2 Å². The average Bonchev–Trinajstić information content (AvgIpc) is 3.33. The molecule has 0 spiro atoms. The number of carbonyl (C=O) groups excluding carboxylic acids is 1. The summed E-state index contributed by atoms with van der Waals surface area (Å²) in [7, 11) is 0. The lowest BCUT2D eigenvalue weighted by molar-refractivity contribution is 0.112. The molecular formula is C25H16ClFN4O2S. The van der Waals surface area contributed by atoms with E-state index in [2.05, 4.69) is 20.3 Å². The minimum Gasteiger partial charge on any atom is -0.487 e. The minimum absolute atomic E-state index is 0.201. The fourth-order valence-corrected chi connectivity index (χ4v) is 4.35. The monoisotopic (exact) mass is 490 g/mol. The Kier molecular flexibility index (Phi) is 6.16. The molecule has 5 rings (SSSR count). The summed E-state index contributed by atoms with van der Waals surface area (Å²) in [6.07, 6.45) is 3.82. The molecule has 0 saturated heterocycles. The van der Waals surface area contributed by atoms with Crippen LogP contribution in [0.5, 0.6) is 5.75 Å². The number of carbonyl (C=O) groups is 1. The molecule has 2 heterocycles. The highest BCUT2D eigenvalue weighted by Crippen LogP contribution is 2.33. The number of hydrogen-bond donors (Lipinski definition) is 1. The fourth-order valence-electron chi connectivity index (χ4n) is 3.38. The number of nitrogens with zero attached hydrogens (tertiary/aromatic N) is 3. The highest BCUT2D eigenvalue weighted by Gasteiger charge is 2.11. The predicted octanol–water partition coefficient (Wildman–Crippen LogP) is 6.68. The number of aldehydes is 1. The standard InChI is InChI=1S/C25H16ClFN4O2S/c26-21-10-18(5-7-23(21)33-13-15-2-1-3-17(27)8-15)31-24-20-9-16(4-6-22(20)29-14-30-24)25-28-11-19(12-32)34-25/h1-12,14H,13H2,(H,29,30,31). The van der Waals surface area contributed by atoms with Crippen molar-refractivity contribution in [3.8, 4) is 16.3 Å². The molecule has 0 aliphatic rings. The van der Waals surface area contributed by atoms with Crippen LogP contribution in [-0.4, -0.2) is 21.2 Å². The Morgan fingerprint density at radius 1 is 1.06 bits per heavy atom. The van der Waals surface area contributed by atoms with Crippen LogP contribution in [0, 0.1) is 5.82 Å². The molecule has 0 unspecified atom stereocenters. The number of rotatable bonds is 7. The molecule has 0 atom stereocenters. The van der Waals surface area contributed by atoms with Gasteiger partial charge >= 0.3 is 0 Å². The molecule has 0 aliphatic carbocycles. The Morgan fingerprint density at radius 2 is 1.97 bits per heavy atom. The van der Waals surface area contributed by atoms with Gasteiger partial charge in [-0.1, -0.05) is 23.7 Å². The summed E-state index contributed by atoms with van der Waals surface area (Å²) in [6.45, 7) is 0.201. The van der Waals surface area contributed by atoms with E-state index >= 15 is 0 Å². The molecule has 0 radical (unpaired) electrons. The van der Waals surface area contributed by atoms with Crippen molar-refractivity contribution in [1.29, 1.82) is 0 Å². The number of hydrogen-bond acceptors (Lipinski definition) is 7. The van der Waals surface area contributed by atoms with Crippen LogP contribution in [0.2, 0.25) is 5.02 Å². The molecule has 0 fully saturated rings. The highest BCUT2D eigenvalue weighted by atomic mass is 35.5. The van der Waals surface area contributed by atoms with Gasteiger partial charge in [0.2, 0.25) is 0 Å². The summed E-state index contributed by atoms with van der Waals surface area (Å²) >= 11 is 7.74. The van der Waals surface area contributed by atoms with Gasteiger partial charge in [0.05, 0.1) is 15.4 Å². The molecular weight excluding hydrogens is 475 g/mol. The van der Waals surface area contributed by atoms with E-state index in [-0.39, 0.29) is 12.4 Å². The smallest absolute Gasteiger partial charge is 0.161 e. The second kappa shape index (κ2) is 9.54. The first-order valence-electron chi connectivity index (χ1n) is 10.2. The zero-order valence-electron chi connectivity index (χ0n) is 17.5. The minimum atomic E-state index is -0.314. The molecule has 3 aromatic carbocycles. The second-order valence-corrected chi connectivity index (χ2v) is 8.80. The van der Waals surface area contributed by atoms with Gasteiger partial charge in [-0.05, 0) is 54.1 Å². The number of nitrogens with one attached hydrogen (secondary N) is 1. The molecule has 168 valence electrons. The van der Waals surface area contributed by atoms with Crippen LogP contribution >= 0.6 is 22.9 Å². The van der Waals surface area contributed by atoms with E-state index in [1.807, 2.05) is 24.3 Å². The number of fused-ring (bicyclic) bond motifs is 1. The van der Waals surface area contributed by atoms with Crippen LogP contribution in [-0.2, 0) is 6.61 Å². The van der Waals surface area contributed by atoms with Gasteiger partial charge < -0.3 is 10.1 Å². The summed E-state index contributed by atoms with van der Waals surface area (Å²) in [6, 6.07) is 17.3. The lowest BCUT2D eigenvalue weighted by Crippen LogP contribution is -1.99. The Balaban J connectivity index is 1.38. The Hall–Kier alpha value is -3.88. The van der Waals surface area contributed by atoms with Crippen molar-refractivity contribution in [2.24, 2.45) is 0 Å². The first-order valence-corrected chi connectivity index (χ1v) is 11.4. The van der Waals surface area contributed by atoms with E-state index in [0.29, 0.717) is 32.7 Å². The number of benzene rings is 3. The lowest BCUT2D eigenvalue weighted by atomic mass is 10.1. The first kappa shape index (κ1) is 21.9. The van der Waals surface area contributed by atoms with Crippen LogP contribution in [0.3, 0.4) is 0 Å². The summed E-state index contributed by atoms with van der Waals surface area (Å²) in [5, 5.41) is 5.22. The third-order valence-corrected chi connectivity index (χ3v) is 6.27. The number of halogens is 2. The van der Waals surface area contributed by atoms with Gasteiger partial charge in [0, 0.05) is 22.8 Å². The van der Waals surface area contributed by atoms with Crippen molar-refractivity contribution >= 4 is 51.6 Å². The quantitative estimate of drug-likeness (QED) is 0.256. The van der Waals surface area contributed by atoms with Crippen LogP contribution in [0.15, 0.2) is 73.2 Å². The SMILES string of the molecule is O=Cc1cnc(-c2ccc3ncnc(Nc4ccc(OCc5cccc(F)c5)c(Cl)c4)c3c2)s1. The largest absolute Gasteiger partial charge is 0.487 e. The normalized spacial score (nSPS) is 10.9. The molecule has 34 heavy (non-hydrogen) atoms. The maximum atomic E-state index is 13.4. The summed E-state index contributed by atoms with van der Waals surface area (Å²) in [5.74, 6) is 0.774. The van der Waals surface area contributed by atoms with Crippen LogP contribution < -0.4 is 10.1 Å². The van der Waals surface area contributed by atoms with E-state index in [9.17, 15) is 9.18 Å². The molecule has 6 nitrogen and oxygen atoms in total. The average molecular weight is 491 g/mol. The zero-order chi connectivity index (χ0) is 23.5. The molecule has 5 aromatic rings. The third kappa shape index (κ3) is 4.73. The molecule has 0 amide bonds. The van der Waals surface area contributed by atoms with E-state index in [0.717, 1.165) is 27.8 Å². The van der Waals surface area contributed by atoms with E-state index in [4.69, 9.17) is 16.3 Å². The Bertz CT molecular complexity index is 1510. The van der Waals surface area contributed by atoms with Crippen LogP contribution in [0.4, 0.5) is 15.9 Å². The number of thiazole rings is 1. The van der Waals surface area contributed by atoms with Crippen LogP contribution in [0.25, 0.3) is 21.5 Å². The van der Waals surface area contributed by atoms with E-state index in [1.54, 1.807) is 30.5 Å². The van der Waals surface area contributed by atoms with Gasteiger partial charge in [0.1, 0.15) is 35.3 Å². The molecule has 0 saturated carbocycles. The molecule has 1 N–H and O–H groups in total. The Labute approximate surface area is 203 Å². The van der Waals surface area contributed by atoms with Gasteiger partial charge in [-0.3, -0.25) is 4.79 Å². The number of anilines is 2. The van der Waals surface area contributed by atoms with Gasteiger partial charge in [-0.25, -0.2) is 19.3 Å². The summed E-state index contributed by atoms with van der Waals surface area (Å²) in [5.41, 5.74) is 3.05. The fraction of sp³-hybridized carbons (Fsp3) is 0.0400. The Morgan fingerprint density at radius 3 is 2.76 bits per heavy atom. The molecule has 0 aliphatic heterocycles. The molecule has 2 aromatic heterocycles. The van der Waals surface area contributed by atoms with Crippen molar-refractivity contribution in [2.75, 3.05) is 5.32 Å². The molecule has 0 bridgehead atoms. The predicted molar refractivity (Wildman–Crippen MR) is 132 cm³/mol. The van der Waals surface area contributed by atoms with Crippen molar-refractivity contribution in [2.45, 2.75) is 6.61 Å². The number of aromatic nitrogens is 3. The van der Waals surface area contributed by atoms with Gasteiger partial charge in [0.15, 0.2) is 6.29 Å². The lowest BCUT2D eigenvalue weighted by Gasteiger charge is -2.12. The van der Waals surface area contributed by atoms with E-state index < -0.39 is 0 Å². The van der Waals surface area contributed by atoms with E-state index in [1.165, 1.54) is 29.8 Å². The van der Waals surface area contributed by atoms with Crippen molar-refractivity contribution in [3.05, 3.63) is 94.5 Å². The van der Waals surface area contributed by atoms with Gasteiger partial charge in [0.25, 0.3) is 0 Å². The summed E-state index contributed by atoms with van der Waals surface area (Å²) < 4.78 is 19.1. The maximum Gasteiger partial charge on any atom is 0.161 e. The van der Waals surface area contributed by atoms with Gasteiger partial charge in [-0.2, -0.15) is 0 Å². The first-order chi connectivity index (χ1) is 16.6. The second-order valence-electron chi connectivity index (χ2n) is 7.33. The maximum absolute atomic E-state index is 13.4.